The summed E-state index contributed by atoms with van der Waals surface area (Å²) in [6, 6.07) is 4.64. The predicted molar refractivity (Wildman–Crippen MR) is 76.8 cm³/mol. The van der Waals surface area contributed by atoms with Gasteiger partial charge in [-0.2, -0.15) is 0 Å². The van der Waals surface area contributed by atoms with Gasteiger partial charge >= 0.3 is 0 Å². The van der Waals surface area contributed by atoms with Crippen LogP contribution >= 0.6 is 11.3 Å². The van der Waals surface area contributed by atoms with Gasteiger partial charge in [-0.25, -0.2) is 0 Å². The second-order valence-electron chi connectivity index (χ2n) is 5.37. The molecule has 1 aromatic heterocycles. The van der Waals surface area contributed by atoms with Crippen LogP contribution in [0.4, 0.5) is 0 Å². The van der Waals surface area contributed by atoms with E-state index < -0.39 is 0 Å². The van der Waals surface area contributed by atoms with Crippen molar-refractivity contribution in [3.63, 3.8) is 0 Å². The normalized spacial score (nSPS) is 23.8. The van der Waals surface area contributed by atoms with Crippen molar-refractivity contribution in [3.05, 3.63) is 22.4 Å². The molecule has 1 aliphatic carbocycles. The summed E-state index contributed by atoms with van der Waals surface area (Å²) in [4.78, 5) is 13.3. The molecule has 0 aromatic carbocycles. The van der Waals surface area contributed by atoms with Gasteiger partial charge in [-0.1, -0.05) is 25.8 Å². The SMILES string of the molecule is C[C@@H]1CCCC[C@@H]1NC(=O)CCCc1cccs1. The number of amides is 1. The molecule has 100 valence electrons. The summed E-state index contributed by atoms with van der Waals surface area (Å²) < 4.78 is 0. The molecule has 0 aliphatic heterocycles. The molecule has 0 bridgehead atoms. The van der Waals surface area contributed by atoms with E-state index in [1.807, 2.05) is 0 Å². The highest BCUT2D eigenvalue weighted by Gasteiger charge is 2.22. The molecule has 1 fully saturated rings. The highest BCUT2D eigenvalue weighted by atomic mass is 32.1. The molecule has 0 spiro atoms. The van der Waals surface area contributed by atoms with Crippen molar-refractivity contribution in [1.29, 1.82) is 0 Å². The van der Waals surface area contributed by atoms with Crippen molar-refractivity contribution < 1.29 is 4.79 Å². The van der Waals surface area contributed by atoms with Gasteiger partial charge in [-0.15, -0.1) is 11.3 Å². The van der Waals surface area contributed by atoms with Crippen LogP contribution in [0.2, 0.25) is 0 Å². The van der Waals surface area contributed by atoms with E-state index in [9.17, 15) is 4.79 Å². The van der Waals surface area contributed by atoms with Crippen LogP contribution in [0.25, 0.3) is 0 Å². The van der Waals surface area contributed by atoms with Crippen LogP contribution in [0.3, 0.4) is 0 Å². The Hall–Kier alpha value is -0.830. The minimum absolute atomic E-state index is 0.241. The average molecular weight is 265 g/mol. The van der Waals surface area contributed by atoms with Gasteiger partial charge < -0.3 is 5.32 Å². The van der Waals surface area contributed by atoms with Gasteiger partial charge in [-0.3, -0.25) is 4.79 Å². The largest absolute Gasteiger partial charge is 0.353 e. The number of carbonyl (C=O) groups excluding carboxylic acids is 1. The first-order valence-corrected chi connectivity index (χ1v) is 7.95. The Balaban J connectivity index is 1.65. The third-order valence-electron chi connectivity index (χ3n) is 3.86. The summed E-state index contributed by atoms with van der Waals surface area (Å²) in [7, 11) is 0. The summed E-state index contributed by atoms with van der Waals surface area (Å²) in [5, 5.41) is 5.31. The van der Waals surface area contributed by atoms with Gasteiger partial charge in [0, 0.05) is 17.3 Å². The smallest absolute Gasteiger partial charge is 0.220 e. The molecule has 0 saturated heterocycles. The van der Waals surface area contributed by atoms with Gasteiger partial charge in [0.25, 0.3) is 0 Å². The third kappa shape index (κ3) is 4.13. The first-order valence-electron chi connectivity index (χ1n) is 7.07. The van der Waals surface area contributed by atoms with E-state index in [-0.39, 0.29) is 5.91 Å². The Kier molecular flexibility index (Phi) is 5.24. The standard InChI is InChI=1S/C15H23NOS/c1-12-6-2-3-9-14(12)16-15(17)10-4-7-13-8-5-11-18-13/h5,8,11-12,14H,2-4,6-7,9-10H2,1H3,(H,16,17)/t12-,14+/m1/s1. The molecule has 18 heavy (non-hydrogen) atoms. The molecule has 1 saturated carbocycles. The van der Waals surface area contributed by atoms with E-state index >= 15 is 0 Å². The maximum atomic E-state index is 11.9. The Labute approximate surface area is 114 Å². The lowest BCUT2D eigenvalue weighted by Gasteiger charge is -2.29. The molecule has 0 radical (unpaired) electrons. The fraction of sp³-hybridized carbons (Fsp3) is 0.667. The van der Waals surface area contributed by atoms with Crippen LogP contribution in [0.15, 0.2) is 17.5 Å². The Morgan fingerprint density at radius 3 is 3.00 bits per heavy atom. The van der Waals surface area contributed by atoms with E-state index in [1.165, 1.54) is 24.1 Å². The number of nitrogens with one attached hydrogen (secondary N) is 1. The van der Waals surface area contributed by atoms with Crippen LogP contribution < -0.4 is 5.32 Å². The van der Waals surface area contributed by atoms with Crippen molar-refractivity contribution in [1.82, 2.24) is 5.32 Å². The van der Waals surface area contributed by atoms with Crippen LogP contribution in [0.1, 0.15) is 50.3 Å². The van der Waals surface area contributed by atoms with Crippen molar-refractivity contribution in [3.8, 4) is 0 Å². The van der Waals surface area contributed by atoms with E-state index in [1.54, 1.807) is 11.3 Å². The molecule has 1 N–H and O–H groups in total. The molecular weight excluding hydrogens is 242 g/mol. The summed E-state index contributed by atoms with van der Waals surface area (Å²) >= 11 is 1.78. The van der Waals surface area contributed by atoms with E-state index in [4.69, 9.17) is 0 Å². The van der Waals surface area contributed by atoms with Gasteiger partial charge in [0.15, 0.2) is 0 Å². The maximum absolute atomic E-state index is 11.9. The van der Waals surface area contributed by atoms with Gasteiger partial charge in [0.1, 0.15) is 0 Å². The Bertz CT molecular complexity index is 361. The monoisotopic (exact) mass is 265 g/mol. The average Bonchev–Trinajstić information content (AvgIpc) is 2.85. The fourth-order valence-electron chi connectivity index (χ4n) is 2.69. The van der Waals surface area contributed by atoms with Gasteiger partial charge in [-0.05, 0) is 43.0 Å². The number of hydrogen-bond acceptors (Lipinski definition) is 2. The lowest BCUT2D eigenvalue weighted by molar-refractivity contribution is -0.122. The van der Waals surface area contributed by atoms with E-state index in [0.29, 0.717) is 18.4 Å². The van der Waals surface area contributed by atoms with E-state index in [0.717, 1.165) is 19.3 Å². The lowest BCUT2D eigenvalue weighted by atomic mass is 9.86. The lowest BCUT2D eigenvalue weighted by Crippen LogP contribution is -2.40. The highest BCUT2D eigenvalue weighted by molar-refractivity contribution is 7.09. The zero-order valence-electron chi connectivity index (χ0n) is 11.2. The van der Waals surface area contributed by atoms with Crippen molar-refractivity contribution in [2.45, 2.75) is 57.9 Å². The molecular formula is C15H23NOS. The second-order valence-corrected chi connectivity index (χ2v) is 6.40. The molecule has 2 nitrogen and oxygen atoms in total. The number of thiophene rings is 1. The van der Waals surface area contributed by atoms with Crippen molar-refractivity contribution in [2.24, 2.45) is 5.92 Å². The number of aryl methyl sites for hydroxylation is 1. The highest BCUT2D eigenvalue weighted by Crippen LogP contribution is 2.23. The molecule has 3 heteroatoms. The zero-order valence-corrected chi connectivity index (χ0v) is 12.0. The summed E-state index contributed by atoms with van der Waals surface area (Å²) in [5.74, 6) is 0.894. The summed E-state index contributed by atoms with van der Waals surface area (Å²) in [5.41, 5.74) is 0. The van der Waals surface area contributed by atoms with Crippen LogP contribution in [0, 0.1) is 5.92 Å². The third-order valence-corrected chi connectivity index (χ3v) is 4.80. The molecule has 1 aromatic rings. The molecule has 2 rings (SSSR count). The summed E-state index contributed by atoms with van der Waals surface area (Å²) in [6.45, 7) is 2.26. The minimum atomic E-state index is 0.241. The number of hydrogen-bond donors (Lipinski definition) is 1. The van der Waals surface area contributed by atoms with Gasteiger partial charge in [0.05, 0.1) is 0 Å². The maximum Gasteiger partial charge on any atom is 0.220 e. The zero-order chi connectivity index (χ0) is 12.8. The minimum Gasteiger partial charge on any atom is -0.353 e. The van der Waals surface area contributed by atoms with Crippen molar-refractivity contribution >= 4 is 17.2 Å². The first kappa shape index (κ1) is 13.6. The Morgan fingerprint density at radius 1 is 1.44 bits per heavy atom. The molecule has 1 heterocycles. The van der Waals surface area contributed by atoms with Crippen LogP contribution in [-0.2, 0) is 11.2 Å². The molecule has 1 amide bonds. The quantitative estimate of drug-likeness (QED) is 0.863. The van der Waals surface area contributed by atoms with Crippen LogP contribution in [0.5, 0.6) is 0 Å². The number of carbonyl (C=O) groups is 1. The predicted octanol–water partition coefficient (Wildman–Crippen LogP) is 3.77. The molecule has 0 unspecified atom stereocenters. The van der Waals surface area contributed by atoms with Gasteiger partial charge in [0.2, 0.25) is 5.91 Å². The second kappa shape index (κ2) is 6.93. The Morgan fingerprint density at radius 2 is 2.28 bits per heavy atom. The van der Waals surface area contributed by atoms with Crippen LogP contribution in [-0.4, -0.2) is 11.9 Å². The molecule has 1 aliphatic rings. The fourth-order valence-corrected chi connectivity index (χ4v) is 3.44. The van der Waals surface area contributed by atoms with Crippen molar-refractivity contribution in [2.75, 3.05) is 0 Å². The number of rotatable bonds is 5. The summed E-state index contributed by atoms with van der Waals surface area (Å²) in [6.07, 6.45) is 7.69. The topological polar surface area (TPSA) is 29.1 Å². The first-order chi connectivity index (χ1) is 8.75. The molecule has 2 atom stereocenters. The van der Waals surface area contributed by atoms with E-state index in [2.05, 4.69) is 29.8 Å².